The predicted octanol–water partition coefficient (Wildman–Crippen LogP) is 4.17. The molecule has 2 aromatic heterocycles. The minimum Gasteiger partial charge on any atom is -0.441 e. The molecule has 33 heavy (non-hydrogen) atoms. The molecule has 1 aliphatic heterocycles. The highest BCUT2D eigenvalue weighted by Gasteiger charge is 2.23. The lowest BCUT2D eigenvalue weighted by atomic mass is 10.2. The van der Waals surface area contributed by atoms with Gasteiger partial charge in [0, 0.05) is 38.3 Å². The lowest BCUT2D eigenvalue weighted by Gasteiger charge is -2.35. The van der Waals surface area contributed by atoms with Gasteiger partial charge in [-0.15, -0.1) is 0 Å². The Morgan fingerprint density at radius 1 is 0.970 bits per heavy atom. The monoisotopic (exact) mass is 461 g/mol. The van der Waals surface area contributed by atoms with E-state index in [4.69, 9.17) is 21.0 Å². The zero-order valence-electron chi connectivity index (χ0n) is 18.3. The van der Waals surface area contributed by atoms with E-state index >= 15 is 0 Å². The Morgan fingerprint density at radius 3 is 2.33 bits per heavy atom. The Hall–Kier alpha value is -3.42. The van der Waals surface area contributed by atoms with Crippen molar-refractivity contribution in [1.29, 1.82) is 0 Å². The molecule has 1 fully saturated rings. The van der Waals surface area contributed by atoms with Crippen LogP contribution < -0.4 is 10.5 Å². The van der Waals surface area contributed by atoms with Gasteiger partial charge < -0.3 is 9.32 Å². The van der Waals surface area contributed by atoms with E-state index in [-0.39, 0.29) is 10.6 Å². The molecule has 2 aromatic carbocycles. The lowest BCUT2D eigenvalue weighted by molar-refractivity contribution is 0.246. The average molecular weight is 462 g/mol. The van der Waals surface area contributed by atoms with E-state index in [0.717, 1.165) is 49.7 Å². The van der Waals surface area contributed by atoms with Gasteiger partial charge >= 0.3 is 0 Å². The molecule has 0 radical (unpaired) electrons. The maximum atomic E-state index is 12.8. The van der Waals surface area contributed by atoms with Gasteiger partial charge in [-0.05, 0) is 31.2 Å². The van der Waals surface area contributed by atoms with Gasteiger partial charge in [0.05, 0.1) is 23.3 Å². The van der Waals surface area contributed by atoms with E-state index in [2.05, 4.69) is 14.9 Å². The number of hydrogen-bond acceptors (Lipinski definition) is 6. The van der Waals surface area contributed by atoms with Gasteiger partial charge in [-0.3, -0.25) is 9.69 Å². The SMILES string of the molecule is Cc1oc(-c2ccccc2)nc1CN1CCN(c2cnn(-c3ccccc3)c(=O)c2Cl)CC1. The van der Waals surface area contributed by atoms with E-state index < -0.39 is 0 Å². The van der Waals surface area contributed by atoms with Gasteiger partial charge in [-0.25, -0.2) is 4.98 Å². The van der Waals surface area contributed by atoms with Crippen LogP contribution in [0.15, 0.2) is 76.1 Å². The molecule has 0 atom stereocenters. The van der Waals surface area contributed by atoms with Crippen molar-refractivity contribution in [3.63, 3.8) is 0 Å². The molecule has 3 heterocycles. The first-order valence-electron chi connectivity index (χ1n) is 10.9. The second-order valence-corrected chi connectivity index (χ2v) is 8.43. The standard InChI is InChI=1S/C25H24ClN5O2/c1-18-21(28-24(33-18)19-8-4-2-5-9-19)17-29-12-14-30(15-13-29)22-16-27-31(25(32)23(22)26)20-10-6-3-7-11-20/h2-11,16H,12-15,17H2,1H3. The largest absolute Gasteiger partial charge is 0.441 e. The van der Waals surface area contributed by atoms with Crippen molar-refractivity contribution in [3.8, 4) is 17.1 Å². The highest BCUT2D eigenvalue weighted by Crippen LogP contribution is 2.25. The summed E-state index contributed by atoms with van der Waals surface area (Å²) >= 11 is 6.48. The molecule has 4 aromatic rings. The second-order valence-electron chi connectivity index (χ2n) is 8.05. The van der Waals surface area contributed by atoms with E-state index in [1.165, 1.54) is 4.68 Å². The number of para-hydroxylation sites is 1. The van der Waals surface area contributed by atoms with Crippen LogP contribution >= 0.6 is 11.6 Å². The Balaban J connectivity index is 1.26. The van der Waals surface area contributed by atoms with Crippen LogP contribution in [0.25, 0.3) is 17.1 Å². The van der Waals surface area contributed by atoms with Crippen LogP contribution in [0.4, 0.5) is 5.69 Å². The molecular weight excluding hydrogens is 438 g/mol. The van der Waals surface area contributed by atoms with Crippen molar-refractivity contribution in [2.24, 2.45) is 0 Å². The fraction of sp³-hybridized carbons (Fsp3) is 0.240. The number of anilines is 1. The third-order valence-electron chi connectivity index (χ3n) is 5.90. The molecule has 0 aliphatic carbocycles. The summed E-state index contributed by atoms with van der Waals surface area (Å²) in [6.07, 6.45) is 1.68. The quantitative estimate of drug-likeness (QED) is 0.444. The first-order chi connectivity index (χ1) is 16.1. The van der Waals surface area contributed by atoms with E-state index in [1.807, 2.05) is 67.6 Å². The van der Waals surface area contributed by atoms with Crippen molar-refractivity contribution >= 4 is 17.3 Å². The topological polar surface area (TPSA) is 67.4 Å². The van der Waals surface area contributed by atoms with Gasteiger partial charge in [0.1, 0.15) is 10.8 Å². The van der Waals surface area contributed by atoms with Crippen LogP contribution in [-0.4, -0.2) is 45.8 Å². The minimum absolute atomic E-state index is 0.196. The lowest BCUT2D eigenvalue weighted by Crippen LogP contribution is -2.46. The molecule has 1 saturated heterocycles. The van der Waals surface area contributed by atoms with Gasteiger partial charge in [0.15, 0.2) is 0 Å². The number of hydrogen-bond donors (Lipinski definition) is 0. The molecule has 0 amide bonds. The Bertz CT molecular complexity index is 1300. The second kappa shape index (κ2) is 9.21. The molecule has 7 nitrogen and oxygen atoms in total. The van der Waals surface area contributed by atoms with Crippen LogP contribution in [0.1, 0.15) is 11.5 Å². The zero-order chi connectivity index (χ0) is 22.8. The summed E-state index contributed by atoms with van der Waals surface area (Å²) in [4.78, 5) is 22.0. The molecule has 8 heteroatoms. The third kappa shape index (κ3) is 4.42. The number of benzene rings is 2. The number of piperazine rings is 1. The number of oxazole rings is 1. The third-order valence-corrected chi connectivity index (χ3v) is 6.26. The number of aryl methyl sites for hydroxylation is 1. The van der Waals surface area contributed by atoms with Crippen molar-refractivity contribution in [3.05, 3.63) is 93.7 Å². The fourth-order valence-electron chi connectivity index (χ4n) is 4.04. The summed E-state index contributed by atoms with van der Waals surface area (Å²) in [7, 11) is 0. The van der Waals surface area contributed by atoms with Crippen LogP contribution in [0.2, 0.25) is 5.02 Å². The average Bonchev–Trinajstić information content (AvgIpc) is 3.22. The highest BCUT2D eigenvalue weighted by atomic mass is 35.5. The number of aromatic nitrogens is 3. The molecule has 0 unspecified atom stereocenters. The molecule has 0 bridgehead atoms. The summed E-state index contributed by atoms with van der Waals surface area (Å²) < 4.78 is 7.23. The Labute approximate surface area is 196 Å². The highest BCUT2D eigenvalue weighted by molar-refractivity contribution is 6.33. The predicted molar refractivity (Wildman–Crippen MR) is 129 cm³/mol. The number of nitrogens with zero attached hydrogens (tertiary/aromatic N) is 5. The van der Waals surface area contributed by atoms with Crippen molar-refractivity contribution in [2.45, 2.75) is 13.5 Å². The maximum absolute atomic E-state index is 12.8. The summed E-state index contributed by atoms with van der Waals surface area (Å²) in [6, 6.07) is 19.2. The van der Waals surface area contributed by atoms with Gasteiger partial charge in [0.25, 0.3) is 5.56 Å². The summed E-state index contributed by atoms with van der Waals surface area (Å²) in [6.45, 7) is 5.82. The normalized spacial score (nSPS) is 14.5. The minimum atomic E-state index is -0.311. The summed E-state index contributed by atoms with van der Waals surface area (Å²) in [5, 5.41) is 4.55. The maximum Gasteiger partial charge on any atom is 0.292 e. The van der Waals surface area contributed by atoms with Crippen molar-refractivity contribution in [1.82, 2.24) is 19.7 Å². The molecule has 168 valence electrons. The molecule has 0 saturated carbocycles. The summed E-state index contributed by atoms with van der Waals surface area (Å²) in [5.74, 6) is 1.49. The first-order valence-corrected chi connectivity index (χ1v) is 11.3. The molecule has 0 N–H and O–H groups in total. The summed E-state index contributed by atoms with van der Waals surface area (Å²) in [5.41, 5.74) is 2.99. The van der Waals surface area contributed by atoms with E-state index in [9.17, 15) is 4.79 Å². The van der Waals surface area contributed by atoms with Gasteiger partial charge in [-0.1, -0.05) is 48.0 Å². The van der Waals surface area contributed by atoms with Crippen molar-refractivity contribution < 1.29 is 4.42 Å². The van der Waals surface area contributed by atoms with Crippen LogP contribution in [0.5, 0.6) is 0 Å². The van der Waals surface area contributed by atoms with Gasteiger partial charge in [-0.2, -0.15) is 9.78 Å². The molecule has 0 spiro atoms. The van der Waals surface area contributed by atoms with Gasteiger partial charge in [0.2, 0.25) is 5.89 Å². The fourth-order valence-corrected chi connectivity index (χ4v) is 4.28. The smallest absolute Gasteiger partial charge is 0.292 e. The Morgan fingerprint density at radius 2 is 1.64 bits per heavy atom. The van der Waals surface area contributed by atoms with Crippen LogP contribution in [-0.2, 0) is 6.54 Å². The number of halogens is 1. The van der Waals surface area contributed by atoms with E-state index in [0.29, 0.717) is 17.3 Å². The number of rotatable bonds is 5. The van der Waals surface area contributed by atoms with Crippen LogP contribution in [0, 0.1) is 6.92 Å². The molecule has 5 rings (SSSR count). The molecular formula is C25H24ClN5O2. The zero-order valence-corrected chi connectivity index (χ0v) is 19.1. The van der Waals surface area contributed by atoms with Crippen LogP contribution in [0.3, 0.4) is 0 Å². The van der Waals surface area contributed by atoms with Crippen molar-refractivity contribution in [2.75, 3.05) is 31.1 Å². The Kier molecular flexibility index (Phi) is 5.98. The molecule has 1 aliphatic rings. The van der Waals surface area contributed by atoms with E-state index in [1.54, 1.807) is 6.20 Å². The first kappa shape index (κ1) is 21.4.